The summed E-state index contributed by atoms with van der Waals surface area (Å²) in [7, 11) is 0. The van der Waals surface area contributed by atoms with Crippen molar-refractivity contribution < 1.29 is 27.5 Å². The van der Waals surface area contributed by atoms with Crippen LogP contribution in [-0.2, 0) is 11.3 Å². The Morgan fingerprint density at radius 1 is 1.08 bits per heavy atom. The number of nitrogens with two attached hydrogens (primary N) is 1. The van der Waals surface area contributed by atoms with Crippen LogP contribution in [0.3, 0.4) is 0 Å². The second-order valence-electron chi connectivity index (χ2n) is 10.2. The number of alkyl halides is 2. The molecule has 0 spiro atoms. The first-order valence-corrected chi connectivity index (χ1v) is 12.1. The van der Waals surface area contributed by atoms with Gasteiger partial charge in [0.1, 0.15) is 18.2 Å². The van der Waals surface area contributed by atoms with Crippen molar-refractivity contribution in [1.29, 1.82) is 0 Å². The molecule has 0 fully saturated rings. The van der Waals surface area contributed by atoms with Crippen LogP contribution in [0.25, 0.3) is 11.1 Å². The first-order chi connectivity index (χ1) is 17.4. The van der Waals surface area contributed by atoms with Gasteiger partial charge < -0.3 is 20.3 Å². The van der Waals surface area contributed by atoms with Gasteiger partial charge in [0.05, 0.1) is 12.1 Å². The van der Waals surface area contributed by atoms with Gasteiger partial charge in [-0.25, -0.2) is 17.6 Å². The molecule has 0 aliphatic carbocycles. The predicted octanol–water partition coefficient (Wildman–Crippen LogP) is 5.37. The van der Waals surface area contributed by atoms with Crippen molar-refractivity contribution in [2.75, 3.05) is 13.2 Å². The van der Waals surface area contributed by atoms with E-state index in [2.05, 4.69) is 0 Å². The number of carbonyl (C=O) groups excluding carboxylic acids is 1. The lowest BCUT2D eigenvalue weighted by Gasteiger charge is -2.41. The van der Waals surface area contributed by atoms with E-state index in [1.807, 2.05) is 55.7 Å². The van der Waals surface area contributed by atoms with Gasteiger partial charge in [0, 0.05) is 36.1 Å². The van der Waals surface area contributed by atoms with Crippen molar-refractivity contribution in [2.45, 2.75) is 52.2 Å². The molecule has 0 aliphatic heterocycles. The molecule has 0 saturated heterocycles. The van der Waals surface area contributed by atoms with Crippen LogP contribution in [0.4, 0.5) is 17.6 Å². The van der Waals surface area contributed by atoms with E-state index in [-0.39, 0.29) is 18.5 Å². The molecule has 1 heterocycles. The maximum atomic E-state index is 14.7. The summed E-state index contributed by atoms with van der Waals surface area (Å²) in [6.07, 6.45) is -1.25. The summed E-state index contributed by atoms with van der Waals surface area (Å²) in [5.41, 5.74) is 6.90. The summed E-state index contributed by atoms with van der Waals surface area (Å²) < 4.78 is 56.9. The number of aliphatic hydroxyl groups excluding tert-OH is 1. The Bertz CT molecular complexity index is 1190. The quantitative estimate of drug-likeness (QED) is 0.354. The van der Waals surface area contributed by atoms with Crippen LogP contribution in [0.15, 0.2) is 60.8 Å². The highest BCUT2D eigenvalue weighted by molar-refractivity contribution is 5.78. The maximum Gasteiger partial charge on any atom is 0.253 e. The largest absolute Gasteiger partial charge is 0.387 e. The molecule has 3 aromatic rings. The molecule has 2 aromatic carbocycles. The number of nitrogens with zero attached hydrogens (tertiary/aromatic N) is 2. The van der Waals surface area contributed by atoms with Gasteiger partial charge >= 0.3 is 0 Å². The number of aliphatic hydroxyl groups is 1. The van der Waals surface area contributed by atoms with Gasteiger partial charge in [-0.3, -0.25) is 4.79 Å². The van der Waals surface area contributed by atoms with Crippen molar-refractivity contribution in [2.24, 2.45) is 11.1 Å². The van der Waals surface area contributed by atoms with E-state index in [9.17, 15) is 27.5 Å². The molecule has 1 amide bonds. The fraction of sp³-hybridized carbons (Fsp3) is 0.393. The molecule has 3 N–H and O–H groups in total. The Morgan fingerprint density at radius 2 is 1.76 bits per heavy atom. The van der Waals surface area contributed by atoms with Crippen LogP contribution >= 0.6 is 0 Å². The van der Waals surface area contributed by atoms with E-state index < -0.39 is 48.1 Å². The van der Waals surface area contributed by atoms with E-state index in [1.54, 1.807) is 12.3 Å². The van der Waals surface area contributed by atoms with Crippen LogP contribution in [0.2, 0.25) is 0 Å². The Hall–Kier alpha value is -3.17. The molecule has 0 radical (unpaired) electrons. The highest BCUT2D eigenvalue weighted by Gasteiger charge is 2.37. The van der Waals surface area contributed by atoms with Gasteiger partial charge in [-0.2, -0.15) is 0 Å². The van der Waals surface area contributed by atoms with Crippen molar-refractivity contribution in [3.63, 3.8) is 0 Å². The molecule has 1 aromatic heterocycles. The van der Waals surface area contributed by atoms with Crippen LogP contribution in [0.1, 0.15) is 44.5 Å². The van der Waals surface area contributed by atoms with E-state index >= 15 is 0 Å². The number of hydrogen-bond donors (Lipinski definition) is 2. The normalized spacial score (nSPS) is 13.6. The molecular formula is C28H33F4N3O2. The zero-order valence-corrected chi connectivity index (χ0v) is 21.2. The van der Waals surface area contributed by atoms with Gasteiger partial charge in [0.2, 0.25) is 5.91 Å². The number of carbonyl (C=O) groups is 1. The number of halogens is 4. The lowest BCUT2D eigenvalue weighted by Crippen LogP contribution is -2.45. The lowest BCUT2D eigenvalue weighted by atomic mass is 9.82. The lowest BCUT2D eigenvalue weighted by molar-refractivity contribution is -0.139. The third-order valence-electron chi connectivity index (χ3n) is 6.26. The summed E-state index contributed by atoms with van der Waals surface area (Å²) in [5.74, 6) is -1.85. The van der Waals surface area contributed by atoms with E-state index in [0.29, 0.717) is 17.8 Å². The number of amides is 1. The van der Waals surface area contributed by atoms with E-state index in [1.165, 1.54) is 4.90 Å². The second kappa shape index (κ2) is 11.9. The molecule has 1 unspecified atom stereocenters. The minimum absolute atomic E-state index is 0.0560. The van der Waals surface area contributed by atoms with Gasteiger partial charge in [0.25, 0.3) is 6.43 Å². The average molecular weight is 520 g/mol. The Morgan fingerprint density at radius 3 is 2.35 bits per heavy atom. The summed E-state index contributed by atoms with van der Waals surface area (Å²) in [4.78, 5) is 14.3. The summed E-state index contributed by atoms with van der Waals surface area (Å²) in [5, 5.41) is 9.73. The van der Waals surface area contributed by atoms with Crippen LogP contribution < -0.4 is 5.73 Å². The molecular weight excluding hydrogens is 486 g/mol. The fourth-order valence-corrected chi connectivity index (χ4v) is 4.51. The van der Waals surface area contributed by atoms with Crippen molar-refractivity contribution in [3.05, 3.63) is 83.7 Å². The number of rotatable bonds is 10. The van der Waals surface area contributed by atoms with Crippen molar-refractivity contribution in [3.8, 4) is 11.1 Å². The molecule has 2 atom stereocenters. The third kappa shape index (κ3) is 6.99. The Balaban J connectivity index is 2.18. The van der Waals surface area contributed by atoms with Crippen LogP contribution in [0, 0.1) is 17.0 Å². The second-order valence-corrected chi connectivity index (χ2v) is 10.2. The maximum absolute atomic E-state index is 14.7. The summed E-state index contributed by atoms with van der Waals surface area (Å²) in [6, 6.07) is 12.2. The number of aromatic nitrogens is 1. The Kier molecular flexibility index (Phi) is 9.15. The van der Waals surface area contributed by atoms with E-state index in [4.69, 9.17) is 5.73 Å². The molecule has 0 saturated carbocycles. The minimum Gasteiger partial charge on any atom is -0.387 e. The highest BCUT2D eigenvalue weighted by atomic mass is 19.3. The zero-order valence-electron chi connectivity index (χ0n) is 21.2. The smallest absolute Gasteiger partial charge is 0.253 e. The van der Waals surface area contributed by atoms with Crippen molar-refractivity contribution >= 4 is 5.91 Å². The predicted molar refractivity (Wildman–Crippen MR) is 135 cm³/mol. The molecule has 5 nitrogen and oxygen atoms in total. The molecule has 37 heavy (non-hydrogen) atoms. The fourth-order valence-electron chi connectivity index (χ4n) is 4.51. The Labute approximate surface area is 214 Å². The SMILES string of the molecule is CC(C)(C)[C@H](c1cc(-c2cc(F)ccc2F)cn1Cc1ccccc1)N(CCC(N)C(F)F)C(=O)CO. The first-order valence-electron chi connectivity index (χ1n) is 12.1. The van der Waals surface area contributed by atoms with Crippen LogP contribution in [-0.4, -0.2) is 46.1 Å². The standard InChI is InChI=1S/C28H33F4N3O2/c1-28(2,3)26(35(25(37)17-36)12-11-23(33)27(31)32)24-13-19(21-14-20(29)9-10-22(21)30)16-34(24)15-18-7-5-4-6-8-18/h4-10,13-14,16,23,26-27,36H,11-12,15,17,33H2,1-3H3/t23?,26-/m0/s1. The van der Waals surface area contributed by atoms with Gasteiger partial charge in [-0.1, -0.05) is 51.1 Å². The molecule has 200 valence electrons. The van der Waals surface area contributed by atoms with Crippen molar-refractivity contribution in [1.82, 2.24) is 9.47 Å². The van der Waals surface area contributed by atoms with Gasteiger partial charge in [0.15, 0.2) is 0 Å². The highest BCUT2D eigenvalue weighted by Crippen LogP contribution is 2.41. The average Bonchev–Trinajstić information content (AvgIpc) is 3.24. The van der Waals surface area contributed by atoms with Gasteiger partial charge in [-0.05, 0) is 41.7 Å². The first kappa shape index (κ1) is 28.4. The minimum atomic E-state index is -2.76. The molecule has 3 rings (SSSR count). The summed E-state index contributed by atoms with van der Waals surface area (Å²) in [6.45, 7) is 5.06. The van der Waals surface area contributed by atoms with E-state index in [0.717, 1.165) is 23.8 Å². The topological polar surface area (TPSA) is 71.5 Å². The van der Waals surface area contributed by atoms with Crippen LogP contribution in [0.5, 0.6) is 0 Å². The number of hydrogen-bond acceptors (Lipinski definition) is 3. The van der Waals surface area contributed by atoms with Gasteiger partial charge in [-0.15, -0.1) is 0 Å². The number of benzene rings is 2. The molecule has 0 bridgehead atoms. The summed E-state index contributed by atoms with van der Waals surface area (Å²) >= 11 is 0. The zero-order chi connectivity index (χ0) is 27.3. The molecule has 9 heteroatoms. The third-order valence-corrected chi connectivity index (χ3v) is 6.26. The monoisotopic (exact) mass is 519 g/mol. The molecule has 0 aliphatic rings.